The van der Waals surface area contributed by atoms with Crippen molar-refractivity contribution in [2.24, 2.45) is 5.92 Å². The van der Waals surface area contributed by atoms with Gasteiger partial charge < -0.3 is 10.2 Å². The Morgan fingerprint density at radius 3 is 2.50 bits per heavy atom. The summed E-state index contributed by atoms with van der Waals surface area (Å²) >= 11 is 0. The molecule has 0 bridgehead atoms. The predicted molar refractivity (Wildman–Crippen MR) is 93.2 cm³/mol. The van der Waals surface area contributed by atoms with E-state index >= 15 is 0 Å². The molecule has 3 rings (SSSR count). The van der Waals surface area contributed by atoms with Crippen LogP contribution >= 0.6 is 12.4 Å². The first-order chi connectivity index (χ1) is 11.9. The number of amides is 1. The smallest absolute Gasteiger partial charge is 0.338 e. The fourth-order valence-electron chi connectivity index (χ4n) is 3.72. The maximum absolute atomic E-state index is 14.2. The summed E-state index contributed by atoms with van der Waals surface area (Å²) in [6.45, 7) is 1.58. The second-order valence-electron chi connectivity index (χ2n) is 6.90. The lowest BCUT2D eigenvalue weighted by atomic mass is 9.89. The van der Waals surface area contributed by atoms with Crippen LogP contribution in [0.2, 0.25) is 0 Å². The Morgan fingerprint density at radius 1 is 1.15 bits per heavy atom. The number of hydrogen-bond acceptors (Lipinski definition) is 2. The van der Waals surface area contributed by atoms with Crippen LogP contribution < -0.4 is 5.32 Å². The van der Waals surface area contributed by atoms with Crippen molar-refractivity contribution < 1.29 is 22.4 Å². The standard InChI is InChI=1S/C18H22F4N2O.ClH/c19-16-4-3-13(12-5-7-23-8-6-12)10-15(16)17(25)24-9-1-2-14(11-24)18(20,21)22;/h3-4,10,12,14,23H,1-2,5-9,11H2;1H. The Morgan fingerprint density at radius 2 is 1.85 bits per heavy atom. The third-order valence-electron chi connectivity index (χ3n) is 5.20. The number of alkyl halides is 3. The highest BCUT2D eigenvalue weighted by atomic mass is 35.5. The van der Waals surface area contributed by atoms with Gasteiger partial charge in [0.1, 0.15) is 5.82 Å². The zero-order chi connectivity index (χ0) is 18.0. The van der Waals surface area contributed by atoms with Gasteiger partial charge in [-0.15, -0.1) is 12.4 Å². The molecule has 1 N–H and O–H groups in total. The quantitative estimate of drug-likeness (QED) is 0.765. The zero-order valence-corrected chi connectivity index (χ0v) is 15.1. The van der Waals surface area contributed by atoms with E-state index in [0.717, 1.165) is 36.4 Å². The summed E-state index contributed by atoms with van der Waals surface area (Å²) in [7, 11) is 0. The van der Waals surface area contributed by atoms with Crippen molar-refractivity contribution in [1.82, 2.24) is 10.2 Å². The number of carbonyl (C=O) groups is 1. The molecule has 2 aliphatic rings. The molecule has 1 aromatic carbocycles. The second kappa shape index (κ2) is 8.57. The number of hydrogen-bond donors (Lipinski definition) is 1. The van der Waals surface area contributed by atoms with E-state index in [0.29, 0.717) is 0 Å². The fourth-order valence-corrected chi connectivity index (χ4v) is 3.72. The third-order valence-corrected chi connectivity index (χ3v) is 5.20. The van der Waals surface area contributed by atoms with Gasteiger partial charge in [-0.05, 0) is 62.4 Å². The number of nitrogens with one attached hydrogen (secondary N) is 1. The first-order valence-electron chi connectivity index (χ1n) is 8.72. The molecule has 1 unspecified atom stereocenters. The van der Waals surface area contributed by atoms with Crippen molar-refractivity contribution in [3.8, 4) is 0 Å². The van der Waals surface area contributed by atoms with Crippen molar-refractivity contribution in [2.75, 3.05) is 26.2 Å². The Kier molecular flexibility index (Phi) is 6.91. The van der Waals surface area contributed by atoms with Gasteiger partial charge in [0.25, 0.3) is 5.91 Å². The molecular weight excluding hydrogens is 372 g/mol. The van der Waals surface area contributed by atoms with E-state index in [9.17, 15) is 22.4 Å². The molecule has 1 atom stereocenters. The second-order valence-corrected chi connectivity index (χ2v) is 6.90. The highest BCUT2D eigenvalue weighted by Crippen LogP contribution is 2.34. The minimum atomic E-state index is -4.32. The highest BCUT2D eigenvalue weighted by molar-refractivity contribution is 5.94. The molecule has 0 radical (unpaired) electrons. The van der Waals surface area contributed by atoms with E-state index < -0.39 is 23.8 Å². The molecule has 1 amide bonds. The van der Waals surface area contributed by atoms with Gasteiger partial charge in [-0.25, -0.2) is 4.39 Å². The van der Waals surface area contributed by atoms with Gasteiger partial charge in [0, 0.05) is 13.1 Å². The molecule has 3 nitrogen and oxygen atoms in total. The van der Waals surface area contributed by atoms with Crippen LogP contribution in [0.4, 0.5) is 17.6 Å². The number of piperidine rings is 2. The number of halogens is 5. The van der Waals surface area contributed by atoms with E-state index in [1.807, 2.05) is 0 Å². The van der Waals surface area contributed by atoms with Gasteiger partial charge in [-0.1, -0.05) is 6.07 Å². The SMILES string of the molecule is Cl.O=C(c1cc(C2CCNCC2)ccc1F)N1CCCC(C(F)(F)F)C1. The molecule has 2 heterocycles. The Balaban J connectivity index is 0.00000243. The number of rotatable bonds is 2. The maximum Gasteiger partial charge on any atom is 0.393 e. The molecule has 26 heavy (non-hydrogen) atoms. The van der Waals surface area contributed by atoms with Gasteiger partial charge in [0.2, 0.25) is 0 Å². The summed E-state index contributed by atoms with van der Waals surface area (Å²) in [5.74, 6) is -2.59. The fraction of sp³-hybridized carbons (Fsp3) is 0.611. The van der Waals surface area contributed by atoms with Crippen LogP contribution in [0.5, 0.6) is 0 Å². The molecular formula is C18H23ClF4N2O. The Bertz CT molecular complexity index is 632. The molecule has 0 aromatic heterocycles. The topological polar surface area (TPSA) is 32.3 Å². The zero-order valence-electron chi connectivity index (χ0n) is 14.3. The lowest BCUT2D eigenvalue weighted by Gasteiger charge is -2.34. The Labute approximate surface area is 156 Å². The van der Waals surface area contributed by atoms with Crippen LogP contribution in [0.25, 0.3) is 0 Å². The summed E-state index contributed by atoms with van der Waals surface area (Å²) in [6.07, 6.45) is -2.22. The minimum Gasteiger partial charge on any atom is -0.338 e. The van der Waals surface area contributed by atoms with Gasteiger partial charge in [0.05, 0.1) is 11.5 Å². The van der Waals surface area contributed by atoms with Gasteiger partial charge in [-0.3, -0.25) is 4.79 Å². The van der Waals surface area contributed by atoms with E-state index in [1.54, 1.807) is 6.07 Å². The van der Waals surface area contributed by atoms with Gasteiger partial charge in [0.15, 0.2) is 0 Å². The summed E-state index contributed by atoms with van der Waals surface area (Å²) in [5, 5.41) is 3.25. The predicted octanol–water partition coefficient (Wildman–Crippen LogP) is 4.13. The summed E-state index contributed by atoms with van der Waals surface area (Å²) in [6, 6.07) is 4.47. The first kappa shape index (κ1) is 21.0. The van der Waals surface area contributed by atoms with Crippen molar-refractivity contribution >= 4 is 18.3 Å². The molecule has 0 aliphatic carbocycles. The highest BCUT2D eigenvalue weighted by Gasteiger charge is 2.43. The molecule has 2 fully saturated rings. The summed E-state index contributed by atoms with van der Waals surface area (Å²) in [4.78, 5) is 13.8. The molecule has 8 heteroatoms. The average Bonchev–Trinajstić information content (AvgIpc) is 2.62. The van der Waals surface area contributed by atoms with Crippen LogP contribution in [-0.4, -0.2) is 43.2 Å². The Hall–Kier alpha value is -1.34. The van der Waals surface area contributed by atoms with Crippen molar-refractivity contribution in [2.45, 2.75) is 37.8 Å². The molecule has 2 saturated heterocycles. The third kappa shape index (κ3) is 4.68. The average molecular weight is 395 g/mol. The lowest BCUT2D eigenvalue weighted by Crippen LogP contribution is -2.44. The molecule has 0 spiro atoms. The van der Waals surface area contributed by atoms with E-state index in [2.05, 4.69) is 5.32 Å². The molecule has 2 aliphatic heterocycles. The van der Waals surface area contributed by atoms with Crippen molar-refractivity contribution in [3.05, 3.63) is 35.1 Å². The number of carbonyl (C=O) groups excluding carboxylic acids is 1. The van der Waals surface area contributed by atoms with Gasteiger partial charge in [-0.2, -0.15) is 13.2 Å². The monoisotopic (exact) mass is 394 g/mol. The van der Waals surface area contributed by atoms with Crippen molar-refractivity contribution in [1.29, 1.82) is 0 Å². The van der Waals surface area contributed by atoms with Crippen LogP contribution in [0.3, 0.4) is 0 Å². The number of nitrogens with zero attached hydrogens (tertiary/aromatic N) is 1. The minimum absolute atomic E-state index is 0. The van der Waals surface area contributed by atoms with Crippen molar-refractivity contribution in [3.63, 3.8) is 0 Å². The first-order valence-corrected chi connectivity index (χ1v) is 8.72. The van der Waals surface area contributed by atoms with Crippen LogP contribution in [0.1, 0.15) is 47.5 Å². The van der Waals surface area contributed by atoms with Crippen LogP contribution in [0, 0.1) is 11.7 Å². The van der Waals surface area contributed by atoms with E-state index in [4.69, 9.17) is 0 Å². The molecule has 0 saturated carbocycles. The number of likely N-dealkylation sites (tertiary alicyclic amines) is 1. The van der Waals surface area contributed by atoms with Crippen LogP contribution in [-0.2, 0) is 0 Å². The van der Waals surface area contributed by atoms with Crippen LogP contribution in [0.15, 0.2) is 18.2 Å². The summed E-state index contributed by atoms with van der Waals surface area (Å²) in [5.41, 5.74) is 0.773. The van der Waals surface area contributed by atoms with E-state index in [1.165, 1.54) is 12.1 Å². The normalized spacial score (nSPS) is 22.0. The van der Waals surface area contributed by atoms with Gasteiger partial charge >= 0.3 is 6.18 Å². The molecule has 146 valence electrons. The maximum atomic E-state index is 14.2. The summed E-state index contributed by atoms with van der Waals surface area (Å²) < 4.78 is 53.0. The number of benzene rings is 1. The van der Waals surface area contributed by atoms with E-state index in [-0.39, 0.29) is 49.8 Å². The molecule has 1 aromatic rings. The largest absolute Gasteiger partial charge is 0.393 e. The lowest BCUT2D eigenvalue weighted by molar-refractivity contribution is -0.184.